The van der Waals surface area contributed by atoms with Crippen molar-refractivity contribution in [2.75, 3.05) is 17.5 Å². The van der Waals surface area contributed by atoms with Gasteiger partial charge in [-0.15, -0.1) is 0 Å². The first-order valence-electron chi connectivity index (χ1n) is 6.68. The van der Waals surface area contributed by atoms with E-state index in [0.29, 0.717) is 10.9 Å². The van der Waals surface area contributed by atoms with E-state index in [9.17, 15) is 23.1 Å². The number of phenols is 1. The van der Waals surface area contributed by atoms with E-state index in [2.05, 4.69) is 4.98 Å². The minimum absolute atomic E-state index is 0. The van der Waals surface area contributed by atoms with Crippen LogP contribution in [0.2, 0.25) is 0 Å². The van der Waals surface area contributed by atoms with Gasteiger partial charge in [0.05, 0.1) is 12.3 Å². The standard InChI is InChI=1S/C13H13N3O6S.K/c1-2-22-13(19)9-3-7-4-11(17)10(5-8(7)14-9)16-6-12(18)15-23(16,20)21;/h3-5,14,17H,2,6H2,1H3,(H,15,18);. The summed E-state index contributed by atoms with van der Waals surface area (Å²) in [6, 6.07) is 4.14. The van der Waals surface area contributed by atoms with E-state index in [0.717, 1.165) is 4.31 Å². The zero-order valence-electron chi connectivity index (χ0n) is 13.0. The fourth-order valence-corrected chi connectivity index (χ4v) is 3.49. The normalized spacial score (nSPS) is 15.9. The number of aromatic amines is 1. The fourth-order valence-electron chi connectivity index (χ4n) is 2.34. The molecule has 1 aliphatic rings. The Labute approximate surface area is 180 Å². The molecule has 24 heavy (non-hydrogen) atoms. The molecule has 0 spiro atoms. The van der Waals surface area contributed by atoms with Gasteiger partial charge < -0.3 is 14.8 Å². The molecule has 1 aromatic heterocycles. The number of carbonyl (C=O) groups is 2. The molecule has 0 saturated carbocycles. The molecule has 2 aromatic rings. The number of hydrogen-bond donors (Lipinski definition) is 3. The average Bonchev–Trinajstić information content (AvgIpc) is 2.97. The van der Waals surface area contributed by atoms with E-state index >= 15 is 0 Å². The number of rotatable bonds is 3. The van der Waals surface area contributed by atoms with Gasteiger partial charge in [-0.05, 0) is 25.1 Å². The Kier molecular flexibility index (Phi) is 5.62. The summed E-state index contributed by atoms with van der Waals surface area (Å²) in [7, 11) is -4.03. The van der Waals surface area contributed by atoms with Crippen LogP contribution >= 0.6 is 0 Å². The van der Waals surface area contributed by atoms with Crippen LogP contribution in [-0.2, 0) is 19.7 Å². The molecule has 2 heterocycles. The number of nitrogens with one attached hydrogen (secondary N) is 2. The third kappa shape index (κ3) is 3.46. The first kappa shape index (κ1) is 19.2. The van der Waals surface area contributed by atoms with Crippen LogP contribution < -0.4 is 9.03 Å². The van der Waals surface area contributed by atoms with Crippen LogP contribution in [0.15, 0.2) is 18.2 Å². The topological polar surface area (TPSA) is 129 Å². The minimum Gasteiger partial charge on any atom is -0.506 e. The quantitative estimate of drug-likeness (QED) is 0.503. The zero-order valence-corrected chi connectivity index (χ0v) is 16.9. The van der Waals surface area contributed by atoms with Crippen molar-refractivity contribution in [3.8, 4) is 5.75 Å². The molecular formula is C13H13KN3O6S. The van der Waals surface area contributed by atoms with E-state index in [1.807, 2.05) is 4.72 Å². The smallest absolute Gasteiger partial charge is 0.354 e. The molecule has 0 atom stereocenters. The van der Waals surface area contributed by atoms with Crippen molar-refractivity contribution in [1.82, 2.24) is 9.71 Å². The van der Waals surface area contributed by atoms with Gasteiger partial charge in [0.15, 0.2) is 0 Å². The zero-order chi connectivity index (χ0) is 16.8. The number of carbonyl (C=O) groups excluding carboxylic acids is 2. The van der Waals surface area contributed by atoms with E-state index in [1.54, 1.807) is 6.92 Å². The molecule has 1 radical (unpaired) electrons. The second-order valence-electron chi connectivity index (χ2n) is 4.87. The van der Waals surface area contributed by atoms with Gasteiger partial charge in [0.1, 0.15) is 18.0 Å². The Bertz CT molecular complexity index is 923. The number of nitrogens with zero attached hydrogens (tertiary/aromatic N) is 1. The SMILES string of the molecule is CCOC(=O)c1cc2cc(O)c(N3CC(=O)NS3(=O)=O)cc2[nH]1.[K]. The maximum Gasteiger partial charge on any atom is 0.354 e. The van der Waals surface area contributed by atoms with E-state index < -0.39 is 28.6 Å². The van der Waals surface area contributed by atoms with Gasteiger partial charge in [-0.3, -0.25) is 4.79 Å². The van der Waals surface area contributed by atoms with Crippen molar-refractivity contribution in [3.63, 3.8) is 0 Å². The summed E-state index contributed by atoms with van der Waals surface area (Å²) in [5.41, 5.74) is 0.542. The summed E-state index contributed by atoms with van der Waals surface area (Å²) >= 11 is 0. The number of amides is 1. The summed E-state index contributed by atoms with van der Waals surface area (Å²) in [6.45, 7) is 1.46. The number of aromatic hydroxyl groups is 1. The van der Waals surface area contributed by atoms with E-state index in [-0.39, 0.29) is 75.1 Å². The summed E-state index contributed by atoms with van der Waals surface area (Å²) in [5.74, 6) is -1.58. The Morgan fingerprint density at radius 1 is 1.38 bits per heavy atom. The summed E-state index contributed by atoms with van der Waals surface area (Å²) in [5, 5.41) is 10.6. The number of anilines is 1. The van der Waals surface area contributed by atoms with Crippen molar-refractivity contribution in [2.45, 2.75) is 6.92 Å². The van der Waals surface area contributed by atoms with E-state index in [4.69, 9.17) is 4.74 Å². The largest absolute Gasteiger partial charge is 0.506 e. The Morgan fingerprint density at radius 3 is 2.67 bits per heavy atom. The Balaban J connectivity index is 0.00000208. The first-order valence-corrected chi connectivity index (χ1v) is 8.12. The van der Waals surface area contributed by atoms with Gasteiger partial charge in [-0.25, -0.2) is 13.8 Å². The molecular weight excluding hydrogens is 365 g/mol. The van der Waals surface area contributed by atoms with Crippen LogP contribution in [0, 0.1) is 0 Å². The number of ether oxygens (including phenoxy) is 1. The number of esters is 1. The molecule has 0 unspecified atom stereocenters. The fraction of sp³-hybridized carbons (Fsp3) is 0.231. The van der Waals surface area contributed by atoms with Crippen molar-refractivity contribution >= 4 is 90.1 Å². The van der Waals surface area contributed by atoms with Gasteiger partial charge in [-0.2, -0.15) is 8.42 Å². The average molecular weight is 378 g/mol. The summed E-state index contributed by atoms with van der Waals surface area (Å²) < 4.78 is 31.2. The third-order valence-electron chi connectivity index (χ3n) is 3.30. The molecule has 0 bridgehead atoms. The van der Waals surface area contributed by atoms with Crippen LogP contribution in [0.4, 0.5) is 5.69 Å². The molecule has 3 rings (SSSR count). The number of H-pyrrole nitrogens is 1. The molecule has 1 aromatic carbocycles. The number of benzene rings is 1. The summed E-state index contributed by atoms with van der Waals surface area (Å²) in [6.07, 6.45) is 0. The van der Waals surface area contributed by atoms with Gasteiger partial charge in [0.25, 0.3) is 5.91 Å². The monoisotopic (exact) mass is 378 g/mol. The maximum atomic E-state index is 11.9. The molecule has 0 aliphatic carbocycles. The van der Waals surface area contributed by atoms with E-state index in [1.165, 1.54) is 18.2 Å². The number of aromatic nitrogens is 1. The molecule has 1 fully saturated rings. The second-order valence-corrected chi connectivity index (χ2v) is 6.46. The summed E-state index contributed by atoms with van der Waals surface area (Å²) in [4.78, 5) is 25.8. The van der Waals surface area contributed by atoms with Crippen LogP contribution in [0.1, 0.15) is 17.4 Å². The molecule has 1 amide bonds. The van der Waals surface area contributed by atoms with Crippen LogP contribution in [-0.4, -0.2) is 94.9 Å². The minimum atomic E-state index is -4.03. The second kappa shape index (κ2) is 7.02. The molecule has 11 heteroatoms. The first-order chi connectivity index (χ1) is 10.8. The molecule has 123 valence electrons. The van der Waals surface area contributed by atoms with Crippen molar-refractivity contribution in [2.24, 2.45) is 0 Å². The number of hydrogen-bond acceptors (Lipinski definition) is 6. The van der Waals surface area contributed by atoms with Crippen LogP contribution in [0.3, 0.4) is 0 Å². The predicted molar refractivity (Wildman–Crippen MR) is 86.1 cm³/mol. The van der Waals surface area contributed by atoms with Crippen molar-refractivity contribution in [1.29, 1.82) is 0 Å². The molecule has 3 N–H and O–H groups in total. The number of phenolic OH excluding ortho intramolecular Hbond substituents is 1. The van der Waals surface area contributed by atoms with Crippen LogP contribution in [0.25, 0.3) is 10.9 Å². The van der Waals surface area contributed by atoms with Crippen LogP contribution in [0.5, 0.6) is 5.75 Å². The van der Waals surface area contributed by atoms with Gasteiger partial charge in [-0.1, -0.05) is 0 Å². The Morgan fingerprint density at radius 2 is 2.08 bits per heavy atom. The van der Waals surface area contributed by atoms with Gasteiger partial charge in [0, 0.05) is 62.3 Å². The van der Waals surface area contributed by atoms with Gasteiger partial charge in [0.2, 0.25) is 0 Å². The Hall–Kier alpha value is -1.11. The maximum absolute atomic E-state index is 11.9. The molecule has 9 nitrogen and oxygen atoms in total. The van der Waals surface area contributed by atoms with Gasteiger partial charge >= 0.3 is 16.2 Å². The molecule has 1 saturated heterocycles. The predicted octanol–water partition coefficient (Wildman–Crippen LogP) is -0.150. The van der Waals surface area contributed by atoms with Crippen molar-refractivity contribution < 1.29 is 27.9 Å². The number of fused-ring (bicyclic) bond motifs is 1. The third-order valence-corrected chi connectivity index (χ3v) is 4.69. The molecule has 1 aliphatic heterocycles. The van der Waals surface area contributed by atoms with Crippen molar-refractivity contribution in [3.05, 3.63) is 23.9 Å².